The SMILES string of the molecule is COc1ccc([N+](=O)[O-])cc1NC(=O)CS(=O)(=O)CC(=O)Nc1ccc(F)cc1. The number of halogens is 1. The number of sulfone groups is 1. The molecule has 0 aliphatic heterocycles. The number of methoxy groups -OCH3 is 1. The number of non-ortho nitro benzene ring substituents is 1. The summed E-state index contributed by atoms with van der Waals surface area (Å²) in [5.74, 6) is -4.35. The Morgan fingerprint density at radius 3 is 2.21 bits per heavy atom. The molecular weight excluding hydrogens is 409 g/mol. The number of hydrogen-bond donors (Lipinski definition) is 2. The van der Waals surface area contributed by atoms with Crippen molar-refractivity contribution in [3.63, 3.8) is 0 Å². The number of carbonyl (C=O) groups is 2. The standard InChI is InChI=1S/C17H16FN3O7S/c1-28-15-7-6-13(21(24)25)8-14(15)20-17(23)10-29(26,27)9-16(22)19-12-4-2-11(18)3-5-12/h2-8H,9-10H2,1H3,(H,19,22)(H,20,23). The number of benzene rings is 2. The molecule has 0 atom stereocenters. The van der Waals surface area contributed by atoms with Crippen molar-refractivity contribution in [1.29, 1.82) is 0 Å². The summed E-state index contributed by atoms with van der Waals surface area (Å²) in [5, 5.41) is 15.3. The van der Waals surface area contributed by atoms with Gasteiger partial charge in [0.1, 0.15) is 23.1 Å². The maximum atomic E-state index is 12.8. The van der Waals surface area contributed by atoms with Crippen LogP contribution in [0.2, 0.25) is 0 Å². The van der Waals surface area contributed by atoms with Gasteiger partial charge in [-0.05, 0) is 30.3 Å². The van der Waals surface area contributed by atoms with Gasteiger partial charge in [0.25, 0.3) is 5.69 Å². The number of nitro groups is 1. The second kappa shape index (κ2) is 9.10. The van der Waals surface area contributed by atoms with Gasteiger partial charge in [-0.25, -0.2) is 12.8 Å². The highest BCUT2D eigenvalue weighted by molar-refractivity contribution is 7.92. The third-order valence-electron chi connectivity index (χ3n) is 3.50. The van der Waals surface area contributed by atoms with Gasteiger partial charge >= 0.3 is 0 Å². The minimum absolute atomic E-state index is 0.0855. The van der Waals surface area contributed by atoms with Crippen LogP contribution in [-0.4, -0.2) is 43.8 Å². The van der Waals surface area contributed by atoms with Crippen LogP contribution in [-0.2, 0) is 19.4 Å². The van der Waals surface area contributed by atoms with E-state index >= 15 is 0 Å². The first-order valence-corrected chi connectivity index (χ1v) is 9.80. The second-order valence-electron chi connectivity index (χ2n) is 5.78. The van der Waals surface area contributed by atoms with Gasteiger partial charge in [0.05, 0.1) is 17.7 Å². The zero-order valence-electron chi connectivity index (χ0n) is 15.0. The first kappa shape index (κ1) is 21.8. The summed E-state index contributed by atoms with van der Waals surface area (Å²) in [5.41, 5.74) is -0.224. The molecule has 0 radical (unpaired) electrons. The van der Waals surface area contributed by atoms with E-state index < -0.39 is 43.9 Å². The predicted octanol–water partition coefficient (Wildman–Crippen LogP) is 1.73. The molecule has 0 saturated heterocycles. The Bertz CT molecular complexity index is 1040. The van der Waals surface area contributed by atoms with Crippen LogP contribution in [0.1, 0.15) is 0 Å². The van der Waals surface area contributed by atoms with Crippen molar-refractivity contribution >= 4 is 38.7 Å². The molecule has 0 spiro atoms. The molecular formula is C17H16FN3O7S. The van der Waals surface area contributed by atoms with Gasteiger partial charge in [-0.1, -0.05) is 0 Å². The minimum Gasteiger partial charge on any atom is -0.495 e. The van der Waals surface area contributed by atoms with Crippen molar-refractivity contribution in [2.45, 2.75) is 0 Å². The molecule has 29 heavy (non-hydrogen) atoms. The molecule has 2 amide bonds. The fraction of sp³-hybridized carbons (Fsp3) is 0.176. The molecule has 0 aliphatic rings. The second-order valence-corrected chi connectivity index (χ2v) is 7.84. The maximum Gasteiger partial charge on any atom is 0.271 e. The Morgan fingerprint density at radius 1 is 1.07 bits per heavy atom. The van der Waals surface area contributed by atoms with Crippen LogP contribution in [0.3, 0.4) is 0 Å². The van der Waals surface area contributed by atoms with Gasteiger partial charge in [0, 0.05) is 17.8 Å². The van der Waals surface area contributed by atoms with E-state index in [1.165, 1.54) is 25.3 Å². The van der Waals surface area contributed by atoms with Crippen LogP contribution in [0, 0.1) is 15.9 Å². The van der Waals surface area contributed by atoms with Crippen LogP contribution in [0.15, 0.2) is 42.5 Å². The first-order chi connectivity index (χ1) is 13.6. The van der Waals surface area contributed by atoms with Gasteiger partial charge in [0.15, 0.2) is 9.84 Å². The lowest BCUT2D eigenvalue weighted by Crippen LogP contribution is -2.30. The number of carbonyl (C=O) groups excluding carboxylic acids is 2. The van der Waals surface area contributed by atoms with E-state index in [2.05, 4.69) is 10.6 Å². The summed E-state index contributed by atoms with van der Waals surface area (Å²) in [4.78, 5) is 34.1. The smallest absolute Gasteiger partial charge is 0.271 e. The van der Waals surface area contributed by atoms with Crippen LogP contribution in [0.5, 0.6) is 5.75 Å². The van der Waals surface area contributed by atoms with Gasteiger partial charge in [-0.3, -0.25) is 19.7 Å². The average Bonchev–Trinajstić information content (AvgIpc) is 2.62. The molecule has 0 aromatic heterocycles. The first-order valence-electron chi connectivity index (χ1n) is 7.98. The van der Waals surface area contributed by atoms with E-state index in [4.69, 9.17) is 4.74 Å². The Hall–Kier alpha value is -3.54. The Kier molecular flexibility index (Phi) is 6.83. The highest BCUT2D eigenvalue weighted by Gasteiger charge is 2.22. The molecule has 0 heterocycles. The zero-order chi connectivity index (χ0) is 21.6. The van der Waals surface area contributed by atoms with Gasteiger partial charge in [-0.15, -0.1) is 0 Å². The van der Waals surface area contributed by atoms with Crippen LogP contribution in [0.25, 0.3) is 0 Å². The van der Waals surface area contributed by atoms with Crippen LogP contribution in [0.4, 0.5) is 21.5 Å². The quantitative estimate of drug-likeness (QED) is 0.484. The van der Waals surface area contributed by atoms with E-state index in [9.17, 15) is 32.5 Å². The molecule has 0 unspecified atom stereocenters. The molecule has 0 fully saturated rings. The van der Waals surface area contributed by atoms with Crippen molar-refractivity contribution in [3.05, 3.63) is 58.4 Å². The molecule has 12 heteroatoms. The zero-order valence-corrected chi connectivity index (χ0v) is 15.9. The third-order valence-corrected chi connectivity index (χ3v) is 4.90. The minimum atomic E-state index is -4.15. The topological polar surface area (TPSA) is 145 Å². The predicted molar refractivity (Wildman–Crippen MR) is 102 cm³/mol. The lowest BCUT2D eigenvalue weighted by molar-refractivity contribution is -0.384. The highest BCUT2D eigenvalue weighted by atomic mass is 32.2. The fourth-order valence-electron chi connectivity index (χ4n) is 2.27. The molecule has 0 bridgehead atoms. The normalized spacial score (nSPS) is 10.8. The summed E-state index contributed by atoms with van der Waals surface area (Å²) in [6.45, 7) is 0. The molecule has 0 saturated carbocycles. The van der Waals surface area contributed by atoms with E-state index in [1.54, 1.807) is 0 Å². The van der Waals surface area contributed by atoms with E-state index in [-0.39, 0.29) is 22.8 Å². The highest BCUT2D eigenvalue weighted by Crippen LogP contribution is 2.28. The van der Waals surface area contributed by atoms with Gasteiger partial charge < -0.3 is 15.4 Å². The third kappa shape index (κ3) is 6.53. The number of nitrogens with one attached hydrogen (secondary N) is 2. The van der Waals surface area contributed by atoms with Crippen molar-refractivity contribution in [1.82, 2.24) is 0 Å². The number of anilines is 2. The summed E-state index contributed by atoms with van der Waals surface area (Å²) in [6.07, 6.45) is 0. The Balaban J connectivity index is 2.01. The Labute approximate surface area is 164 Å². The van der Waals surface area contributed by atoms with E-state index in [0.29, 0.717) is 0 Å². The molecule has 154 valence electrons. The number of nitro benzene ring substituents is 1. The lowest BCUT2D eigenvalue weighted by Gasteiger charge is -2.10. The van der Waals surface area contributed by atoms with E-state index in [0.717, 1.165) is 24.3 Å². The van der Waals surface area contributed by atoms with Crippen LogP contribution < -0.4 is 15.4 Å². The molecule has 2 N–H and O–H groups in total. The lowest BCUT2D eigenvalue weighted by atomic mass is 10.2. The summed E-state index contributed by atoms with van der Waals surface area (Å²) < 4.78 is 42.0. The summed E-state index contributed by atoms with van der Waals surface area (Å²) >= 11 is 0. The molecule has 0 aliphatic carbocycles. The average molecular weight is 425 g/mol. The summed E-state index contributed by atoms with van der Waals surface area (Å²) in [7, 11) is -2.88. The number of ether oxygens (including phenoxy) is 1. The van der Waals surface area contributed by atoms with Crippen LogP contribution >= 0.6 is 0 Å². The fourth-order valence-corrected chi connectivity index (χ4v) is 3.32. The largest absolute Gasteiger partial charge is 0.495 e. The molecule has 10 nitrogen and oxygen atoms in total. The monoisotopic (exact) mass is 425 g/mol. The molecule has 2 aromatic carbocycles. The number of amides is 2. The Morgan fingerprint density at radius 2 is 1.66 bits per heavy atom. The number of nitrogens with zero attached hydrogens (tertiary/aromatic N) is 1. The summed E-state index contributed by atoms with van der Waals surface area (Å²) in [6, 6.07) is 8.10. The number of hydrogen-bond acceptors (Lipinski definition) is 7. The van der Waals surface area contributed by atoms with Crippen molar-refractivity contribution in [2.75, 3.05) is 29.2 Å². The van der Waals surface area contributed by atoms with Gasteiger partial charge in [-0.2, -0.15) is 0 Å². The van der Waals surface area contributed by atoms with Crippen molar-refractivity contribution < 1.29 is 32.1 Å². The molecule has 2 aromatic rings. The van der Waals surface area contributed by atoms with Gasteiger partial charge in [0.2, 0.25) is 11.8 Å². The van der Waals surface area contributed by atoms with Crippen molar-refractivity contribution in [2.24, 2.45) is 0 Å². The maximum absolute atomic E-state index is 12.8. The van der Waals surface area contributed by atoms with E-state index in [1.807, 2.05) is 0 Å². The molecule has 2 rings (SSSR count). The van der Waals surface area contributed by atoms with Crippen molar-refractivity contribution in [3.8, 4) is 5.75 Å². The number of rotatable bonds is 8.